The van der Waals surface area contributed by atoms with E-state index in [-0.39, 0.29) is 17.3 Å². The summed E-state index contributed by atoms with van der Waals surface area (Å²) in [7, 11) is 0. The molecule has 3 N–H and O–H groups in total. The Balaban J connectivity index is 1.52. The summed E-state index contributed by atoms with van der Waals surface area (Å²) in [4.78, 5) is 8.73. The molecule has 170 valence electrons. The van der Waals surface area contributed by atoms with Crippen molar-refractivity contribution in [3.8, 4) is 11.3 Å². The van der Waals surface area contributed by atoms with E-state index in [1.165, 1.54) is 12.1 Å². The molecule has 4 aromatic rings. The molecule has 0 amide bonds. The van der Waals surface area contributed by atoms with Gasteiger partial charge in [-0.3, -0.25) is 4.98 Å². The molecule has 0 aliphatic heterocycles. The van der Waals surface area contributed by atoms with E-state index in [9.17, 15) is 8.78 Å². The highest BCUT2D eigenvalue weighted by atomic mass is 19.1. The van der Waals surface area contributed by atoms with Crippen molar-refractivity contribution in [2.75, 3.05) is 5.32 Å². The van der Waals surface area contributed by atoms with E-state index >= 15 is 0 Å². The van der Waals surface area contributed by atoms with Crippen LogP contribution in [0.2, 0.25) is 0 Å². The van der Waals surface area contributed by atoms with Crippen molar-refractivity contribution in [3.63, 3.8) is 0 Å². The van der Waals surface area contributed by atoms with Crippen LogP contribution >= 0.6 is 0 Å². The van der Waals surface area contributed by atoms with E-state index in [4.69, 9.17) is 5.73 Å². The quantitative estimate of drug-likeness (QED) is 0.440. The second-order valence-corrected chi connectivity index (χ2v) is 9.10. The lowest BCUT2D eigenvalue weighted by molar-refractivity contribution is 0.308. The van der Waals surface area contributed by atoms with E-state index in [1.807, 2.05) is 6.07 Å². The molecule has 3 aromatic heterocycles. The molecule has 0 unspecified atom stereocenters. The maximum atomic E-state index is 14.6. The lowest BCUT2D eigenvalue weighted by Gasteiger charge is -2.32. The third-order valence-corrected chi connectivity index (χ3v) is 6.35. The van der Waals surface area contributed by atoms with E-state index in [0.717, 1.165) is 30.5 Å². The topological polar surface area (TPSA) is 81.1 Å². The van der Waals surface area contributed by atoms with Crippen LogP contribution in [0.5, 0.6) is 0 Å². The Bertz CT molecular complexity index is 1280. The summed E-state index contributed by atoms with van der Waals surface area (Å²) in [6.07, 6.45) is 8.23. The zero-order valence-corrected chi connectivity index (χ0v) is 18.6. The van der Waals surface area contributed by atoms with Crippen LogP contribution in [-0.4, -0.2) is 25.6 Å². The van der Waals surface area contributed by atoms with Crippen LogP contribution in [0.4, 0.5) is 20.4 Å². The average Bonchev–Trinajstić information content (AvgIpc) is 3.15. The van der Waals surface area contributed by atoms with Crippen LogP contribution in [-0.2, 0) is 0 Å². The fraction of sp³-hybridized carbons (Fsp3) is 0.320. The molecule has 6 nitrogen and oxygen atoms in total. The number of hydrogen-bond acceptors (Lipinski definition) is 5. The second-order valence-electron chi connectivity index (χ2n) is 9.10. The number of fused-ring (bicyclic) bond motifs is 1. The number of rotatable bonds is 4. The molecule has 0 saturated heterocycles. The maximum absolute atomic E-state index is 14.6. The first-order valence-electron chi connectivity index (χ1n) is 11.2. The summed E-state index contributed by atoms with van der Waals surface area (Å²) >= 11 is 0. The van der Waals surface area contributed by atoms with Gasteiger partial charge < -0.3 is 11.1 Å². The number of nitrogens with zero attached hydrogens (tertiary/aromatic N) is 4. The van der Waals surface area contributed by atoms with Gasteiger partial charge in [-0.1, -0.05) is 6.92 Å². The van der Waals surface area contributed by atoms with Crippen molar-refractivity contribution in [3.05, 3.63) is 71.7 Å². The van der Waals surface area contributed by atoms with E-state index in [2.05, 4.69) is 27.3 Å². The van der Waals surface area contributed by atoms with Crippen molar-refractivity contribution in [2.24, 2.45) is 11.7 Å². The van der Waals surface area contributed by atoms with Crippen LogP contribution in [0.25, 0.3) is 16.8 Å². The summed E-state index contributed by atoms with van der Waals surface area (Å²) in [5, 5.41) is 7.83. The zero-order valence-electron chi connectivity index (χ0n) is 18.6. The Hall–Kier alpha value is -3.39. The smallest absolute Gasteiger partial charge is 0.229 e. The molecule has 5 rings (SSSR count). The van der Waals surface area contributed by atoms with E-state index in [0.29, 0.717) is 28.9 Å². The number of aryl methyl sites for hydroxylation is 1. The average molecular weight is 449 g/mol. The van der Waals surface area contributed by atoms with Crippen LogP contribution in [0.15, 0.2) is 48.9 Å². The standard InChI is InChI=1S/C25H26F2N6/c1-14-7-16(11-17(28)8-14)19-5-6-29-13-23(19)31-25-30-12-18-3-4-22(32-33(18)25)24-20(26)9-15(2)10-21(24)27/h3-6,9-10,12-14,16-17H,7-8,11,28H2,1-2H3,(H,30,31)/t14-,16+,17-/m0/s1. The van der Waals surface area contributed by atoms with Gasteiger partial charge in [0.1, 0.15) is 11.6 Å². The van der Waals surface area contributed by atoms with Crippen LogP contribution in [0.1, 0.15) is 43.2 Å². The lowest BCUT2D eigenvalue weighted by atomic mass is 9.76. The first kappa shape index (κ1) is 21.5. The maximum Gasteiger partial charge on any atom is 0.229 e. The van der Waals surface area contributed by atoms with Gasteiger partial charge in [0, 0.05) is 12.2 Å². The Morgan fingerprint density at radius 1 is 1.06 bits per heavy atom. The van der Waals surface area contributed by atoms with Gasteiger partial charge in [0.2, 0.25) is 5.95 Å². The van der Waals surface area contributed by atoms with Gasteiger partial charge in [0.05, 0.1) is 34.9 Å². The number of pyridine rings is 1. The molecule has 1 saturated carbocycles. The van der Waals surface area contributed by atoms with Crippen LogP contribution < -0.4 is 11.1 Å². The summed E-state index contributed by atoms with van der Waals surface area (Å²) in [6, 6.07) is 8.13. The van der Waals surface area contributed by atoms with Crippen molar-refractivity contribution in [1.82, 2.24) is 19.6 Å². The van der Waals surface area contributed by atoms with Gasteiger partial charge in [-0.2, -0.15) is 9.61 Å². The zero-order chi connectivity index (χ0) is 23.1. The number of nitrogens with one attached hydrogen (secondary N) is 1. The molecular formula is C25H26F2N6. The normalized spacial score (nSPS) is 20.8. The van der Waals surface area contributed by atoms with Crippen molar-refractivity contribution in [2.45, 2.75) is 45.1 Å². The minimum absolute atomic E-state index is 0.158. The SMILES string of the molecule is Cc1cc(F)c(-c2ccc3cnc(Nc4cnccc4[C@@H]4C[C@H](C)C[C@H](N)C4)n3n2)c(F)c1. The molecule has 3 atom stereocenters. The summed E-state index contributed by atoms with van der Waals surface area (Å²) in [5.41, 5.74) is 9.51. The van der Waals surface area contributed by atoms with Crippen LogP contribution in [0, 0.1) is 24.5 Å². The molecule has 1 aliphatic carbocycles. The fourth-order valence-corrected chi connectivity index (χ4v) is 4.94. The number of anilines is 2. The summed E-state index contributed by atoms with van der Waals surface area (Å²) in [6.45, 7) is 3.88. The van der Waals surface area contributed by atoms with Gasteiger partial charge in [-0.15, -0.1) is 0 Å². The molecule has 0 spiro atoms. The highest BCUT2D eigenvalue weighted by Gasteiger charge is 2.27. The van der Waals surface area contributed by atoms with Crippen LogP contribution in [0.3, 0.4) is 0 Å². The van der Waals surface area contributed by atoms with E-state index < -0.39 is 11.6 Å². The Morgan fingerprint density at radius 2 is 1.85 bits per heavy atom. The number of imidazole rings is 1. The number of hydrogen-bond donors (Lipinski definition) is 2. The second kappa shape index (κ2) is 8.51. The molecule has 1 aliphatic rings. The third-order valence-electron chi connectivity index (χ3n) is 6.35. The Morgan fingerprint density at radius 3 is 2.61 bits per heavy atom. The van der Waals surface area contributed by atoms with Crippen molar-refractivity contribution in [1.29, 1.82) is 0 Å². The largest absolute Gasteiger partial charge is 0.328 e. The van der Waals surface area contributed by atoms with E-state index in [1.54, 1.807) is 42.2 Å². The van der Waals surface area contributed by atoms with Gasteiger partial charge in [0.25, 0.3) is 0 Å². The summed E-state index contributed by atoms with van der Waals surface area (Å²) in [5.74, 6) is 0.0232. The number of benzene rings is 1. The predicted octanol–water partition coefficient (Wildman–Crippen LogP) is 5.35. The fourth-order valence-electron chi connectivity index (χ4n) is 4.94. The monoisotopic (exact) mass is 448 g/mol. The Kier molecular flexibility index (Phi) is 5.54. The number of nitrogens with two attached hydrogens (primary N) is 1. The minimum Gasteiger partial charge on any atom is -0.328 e. The summed E-state index contributed by atoms with van der Waals surface area (Å²) < 4.78 is 30.7. The van der Waals surface area contributed by atoms with Crippen molar-refractivity contribution < 1.29 is 8.78 Å². The predicted molar refractivity (Wildman–Crippen MR) is 124 cm³/mol. The van der Waals surface area contributed by atoms with Gasteiger partial charge in [-0.05, 0) is 79.5 Å². The number of aromatic nitrogens is 4. The van der Waals surface area contributed by atoms with Gasteiger partial charge >= 0.3 is 0 Å². The minimum atomic E-state index is -0.647. The molecule has 1 fully saturated rings. The molecule has 1 aromatic carbocycles. The van der Waals surface area contributed by atoms with Gasteiger partial charge in [0.15, 0.2) is 0 Å². The highest BCUT2D eigenvalue weighted by molar-refractivity contribution is 5.66. The molecule has 8 heteroatoms. The third kappa shape index (κ3) is 4.18. The van der Waals surface area contributed by atoms with Crippen molar-refractivity contribution >= 4 is 17.2 Å². The highest BCUT2D eigenvalue weighted by Crippen LogP contribution is 2.39. The lowest BCUT2D eigenvalue weighted by Crippen LogP contribution is -2.31. The van der Waals surface area contributed by atoms with Gasteiger partial charge in [-0.25, -0.2) is 13.8 Å². The Labute approximate surface area is 190 Å². The molecule has 0 bridgehead atoms. The molecule has 3 heterocycles. The molecular weight excluding hydrogens is 422 g/mol. The molecule has 33 heavy (non-hydrogen) atoms. The first-order valence-corrected chi connectivity index (χ1v) is 11.2. The first-order chi connectivity index (χ1) is 15.9. The molecule has 0 radical (unpaired) electrons. The number of halogens is 2.